The molecule has 0 fully saturated rings. The van der Waals surface area contributed by atoms with Gasteiger partial charge in [-0.05, 0) is 59.0 Å². The number of carbonyl (C=O) groups is 2. The molecule has 9 heteroatoms. The first kappa shape index (κ1) is 39.8. The summed E-state index contributed by atoms with van der Waals surface area (Å²) in [7, 11) is -1.69. The average molecular weight is 737 g/mol. The zero-order valence-electron chi connectivity index (χ0n) is 31.8. The van der Waals surface area contributed by atoms with Crippen molar-refractivity contribution in [1.29, 1.82) is 0 Å². The highest BCUT2D eigenvalue weighted by atomic mass is 28.4. The van der Waals surface area contributed by atoms with Crippen molar-refractivity contribution in [3.8, 4) is 0 Å². The molecule has 0 unspecified atom stereocenters. The molecule has 1 aliphatic heterocycles. The van der Waals surface area contributed by atoms with Crippen LogP contribution in [0.5, 0.6) is 0 Å². The Morgan fingerprint density at radius 3 is 1.74 bits per heavy atom. The van der Waals surface area contributed by atoms with Gasteiger partial charge in [-0.15, -0.1) is 0 Å². The van der Waals surface area contributed by atoms with Crippen molar-refractivity contribution in [2.75, 3.05) is 20.3 Å². The lowest BCUT2D eigenvalue weighted by Crippen LogP contribution is -2.67. The van der Waals surface area contributed by atoms with Crippen LogP contribution >= 0.6 is 0 Å². The normalized spacial score (nSPS) is 19.4. The lowest BCUT2D eigenvalue weighted by Gasteiger charge is -2.45. The van der Waals surface area contributed by atoms with Gasteiger partial charge < -0.3 is 28.1 Å². The van der Waals surface area contributed by atoms with E-state index in [2.05, 4.69) is 45.0 Å². The number of esters is 2. The fourth-order valence-electron chi connectivity index (χ4n) is 6.95. The number of methoxy groups -OCH3 is 1. The Morgan fingerprint density at radius 2 is 1.25 bits per heavy atom. The van der Waals surface area contributed by atoms with Gasteiger partial charge in [0.05, 0.1) is 25.9 Å². The molecular weight excluding hydrogens is 685 g/mol. The van der Waals surface area contributed by atoms with E-state index in [1.165, 1.54) is 7.11 Å². The molecule has 4 aromatic rings. The van der Waals surface area contributed by atoms with Crippen molar-refractivity contribution in [3.63, 3.8) is 0 Å². The van der Waals surface area contributed by atoms with Gasteiger partial charge in [0.15, 0.2) is 6.10 Å². The number of rotatable bonds is 15. The highest BCUT2D eigenvalue weighted by Crippen LogP contribution is 2.38. The monoisotopic (exact) mass is 736 g/mol. The van der Waals surface area contributed by atoms with Crippen LogP contribution in [0, 0.1) is 0 Å². The van der Waals surface area contributed by atoms with Gasteiger partial charge in [0.25, 0.3) is 8.32 Å². The molecule has 5 rings (SSSR count). The minimum Gasteiger partial charge on any atom is -0.467 e. The fourth-order valence-corrected chi connectivity index (χ4v) is 11.5. The second-order valence-corrected chi connectivity index (χ2v) is 18.7. The van der Waals surface area contributed by atoms with Crippen molar-refractivity contribution >= 4 is 30.6 Å². The van der Waals surface area contributed by atoms with Crippen LogP contribution in [0.4, 0.5) is 0 Å². The SMILES string of the molecule is COC(=O)[C@H](O[C@H](C)c1ccccc1)[C@@H]1O[C@H](CO[Si](c2ccccc2)(c2ccccc2)C(C)(C)C)[C@@H](OC(=O)CO[C@H](C)c2ccccc2)C=C1C. The van der Waals surface area contributed by atoms with Gasteiger partial charge in [0.1, 0.15) is 24.9 Å². The molecule has 0 N–H and O–H groups in total. The van der Waals surface area contributed by atoms with Crippen molar-refractivity contribution in [3.05, 3.63) is 144 Å². The van der Waals surface area contributed by atoms with Gasteiger partial charge in [-0.3, -0.25) is 0 Å². The van der Waals surface area contributed by atoms with Crippen LogP contribution in [0.2, 0.25) is 5.04 Å². The minimum atomic E-state index is -3.02. The van der Waals surface area contributed by atoms with Gasteiger partial charge >= 0.3 is 11.9 Å². The number of ether oxygens (including phenoxy) is 5. The van der Waals surface area contributed by atoms with Crippen LogP contribution in [0.3, 0.4) is 0 Å². The second kappa shape index (κ2) is 18.1. The number of benzene rings is 4. The summed E-state index contributed by atoms with van der Waals surface area (Å²) in [6.45, 7) is 12.0. The summed E-state index contributed by atoms with van der Waals surface area (Å²) < 4.78 is 37.7. The van der Waals surface area contributed by atoms with Gasteiger partial charge in [0, 0.05) is 0 Å². The zero-order chi connectivity index (χ0) is 38.0. The minimum absolute atomic E-state index is 0.0644. The first-order chi connectivity index (χ1) is 25.4. The molecule has 0 spiro atoms. The van der Waals surface area contributed by atoms with Crippen LogP contribution in [0.1, 0.15) is 64.9 Å². The Hall–Kier alpha value is -4.38. The summed E-state index contributed by atoms with van der Waals surface area (Å²) in [5.74, 6) is -1.12. The van der Waals surface area contributed by atoms with E-state index in [9.17, 15) is 9.59 Å². The average Bonchev–Trinajstić information content (AvgIpc) is 3.17. The number of hydrogen-bond donors (Lipinski definition) is 0. The van der Waals surface area contributed by atoms with Crippen molar-refractivity contribution in [1.82, 2.24) is 0 Å². The summed E-state index contributed by atoms with van der Waals surface area (Å²) in [6.07, 6.45) is -2.51. The lowest BCUT2D eigenvalue weighted by atomic mass is 9.97. The van der Waals surface area contributed by atoms with Crippen LogP contribution < -0.4 is 10.4 Å². The molecule has 4 aromatic carbocycles. The molecule has 280 valence electrons. The third kappa shape index (κ3) is 9.60. The lowest BCUT2D eigenvalue weighted by molar-refractivity contribution is -0.187. The van der Waals surface area contributed by atoms with Crippen LogP contribution in [0.15, 0.2) is 133 Å². The fraction of sp³-hybridized carbons (Fsp3) is 0.364. The molecule has 0 bridgehead atoms. The highest BCUT2D eigenvalue weighted by molar-refractivity contribution is 6.99. The van der Waals surface area contributed by atoms with Gasteiger partial charge in [-0.25, -0.2) is 9.59 Å². The predicted octanol–water partition coefficient (Wildman–Crippen LogP) is 7.29. The first-order valence-corrected chi connectivity index (χ1v) is 20.1. The first-order valence-electron chi connectivity index (χ1n) is 18.2. The third-order valence-electron chi connectivity index (χ3n) is 9.76. The van der Waals surface area contributed by atoms with E-state index in [1.807, 2.05) is 124 Å². The van der Waals surface area contributed by atoms with Crippen LogP contribution in [0.25, 0.3) is 0 Å². The maximum Gasteiger partial charge on any atom is 0.338 e. The maximum atomic E-state index is 13.4. The largest absolute Gasteiger partial charge is 0.467 e. The van der Waals surface area contributed by atoms with E-state index in [1.54, 1.807) is 0 Å². The van der Waals surface area contributed by atoms with Crippen LogP contribution in [-0.2, 0) is 37.7 Å². The summed E-state index contributed by atoms with van der Waals surface area (Å²) in [5, 5.41) is 1.88. The number of hydrogen-bond acceptors (Lipinski definition) is 8. The molecule has 0 saturated carbocycles. The summed E-state index contributed by atoms with van der Waals surface area (Å²) in [4.78, 5) is 26.8. The maximum absolute atomic E-state index is 13.4. The molecule has 1 aliphatic rings. The standard InChI is InChI=1S/C44H52O8Si/c1-31-28-38(51-40(45)30-48-32(2)34-20-12-8-13-21-34)39(52-41(31)42(43(46)47-7)50-33(3)35-22-14-9-15-23-35)29-49-53(44(4,5)6,36-24-16-10-17-25-36)37-26-18-11-19-27-37/h8-28,32-33,38-39,41-42H,29-30H2,1-7H3/t32-,33-,38+,39-,41-,42-/m1/s1. The van der Waals surface area contributed by atoms with Gasteiger partial charge in [-0.1, -0.05) is 142 Å². The Kier molecular flexibility index (Phi) is 13.6. The van der Waals surface area contributed by atoms with E-state index < -0.39 is 50.8 Å². The zero-order valence-corrected chi connectivity index (χ0v) is 32.8. The molecule has 0 radical (unpaired) electrons. The Bertz CT molecular complexity index is 1740. The third-order valence-corrected chi connectivity index (χ3v) is 14.8. The van der Waals surface area contributed by atoms with Crippen molar-refractivity contribution < 1.29 is 37.7 Å². The van der Waals surface area contributed by atoms with E-state index in [4.69, 9.17) is 28.1 Å². The quantitative estimate of drug-likeness (QED) is 0.0715. The molecule has 1 heterocycles. The molecule has 0 saturated heterocycles. The Labute approximate surface area is 315 Å². The highest BCUT2D eigenvalue weighted by Gasteiger charge is 2.51. The second-order valence-electron chi connectivity index (χ2n) is 14.4. The predicted molar refractivity (Wildman–Crippen MR) is 208 cm³/mol. The van der Waals surface area contributed by atoms with E-state index in [-0.39, 0.29) is 24.4 Å². The van der Waals surface area contributed by atoms with Crippen molar-refractivity contribution in [2.45, 2.75) is 83.2 Å². The summed E-state index contributed by atoms with van der Waals surface area (Å²) in [6, 6.07) is 39.9. The molecule has 8 nitrogen and oxygen atoms in total. The molecule has 0 aromatic heterocycles. The van der Waals surface area contributed by atoms with Crippen LogP contribution in [-0.4, -0.2) is 65.0 Å². The van der Waals surface area contributed by atoms with E-state index >= 15 is 0 Å². The Morgan fingerprint density at radius 1 is 0.755 bits per heavy atom. The summed E-state index contributed by atoms with van der Waals surface area (Å²) in [5.41, 5.74) is 2.52. The van der Waals surface area contributed by atoms with E-state index in [0.29, 0.717) is 5.57 Å². The van der Waals surface area contributed by atoms with Gasteiger partial charge in [-0.2, -0.15) is 0 Å². The molecule has 0 aliphatic carbocycles. The van der Waals surface area contributed by atoms with E-state index in [0.717, 1.165) is 21.5 Å². The number of carbonyl (C=O) groups excluding carboxylic acids is 2. The Balaban J connectivity index is 1.48. The topological polar surface area (TPSA) is 89.5 Å². The van der Waals surface area contributed by atoms with Gasteiger partial charge in [0.2, 0.25) is 0 Å². The molecule has 6 atom stereocenters. The molecule has 53 heavy (non-hydrogen) atoms. The smallest absolute Gasteiger partial charge is 0.338 e. The van der Waals surface area contributed by atoms with Crippen molar-refractivity contribution in [2.24, 2.45) is 0 Å². The molecular formula is C44H52O8Si. The molecule has 0 amide bonds. The summed E-state index contributed by atoms with van der Waals surface area (Å²) >= 11 is 0.